The zero-order valence-electron chi connectivity index (χ0n) is 12.8. The van der Waals surface area contributed by atoms with Gasteiger partial charge in [-0.25, -0.2) is 21.6 Å². The van der Waals surface area contributed by atoms with Crippen LogP contribution in [-0.2, 0) is 23.1 Å². The Balaban J connectivity index is 1.82. The molecule has 0 aromatic heterocycles. The van der Waals surface area contributed by atoms with Gasteiger partial charge in [0.05, 0.1) is 11.6 Å². The van der Waals surface area contributed by atoms with E-state index in [9.17, 15) is 21.6 Å². The minimum atomic E-state index is -4.07. The molecule has 134 valence electrons. The number of alkyl halides is 2. The van der Waals surface area contributed by atoms with Gasteiger partial charge in [0.1, 0.15) is 10.7 Å². The van der Waals surface area contributed by atoms with E-state index in [2.05, 4.69) is 4.72 Å². The molecule has 0 atom stereocenters. The molecule has 0 spiro atoms. The Bertz CT molecular complexity index is 906. The lowest BCUT2D eigenvalue weighted by molar-refractivity contribution is 0.0873. The standard InChI is InChI=1S/C16H14ClF3N2O2S/c17-14-4-2-12(18)6-15(14)25(23,24)21-13-3-1-10-7-22(9-16(19)20)8-11(10)5-13/h1-6,16,21H,7-9H2. The Morgan fingerprint density at radius 3 is 2.56 bits per heavy atom. The van der Waals surface area contributed by atoms with Crippen LogP contribution in [0.1, 0.15) is 11.1 Å². The number of nitrogens with zero attached hydrogens (tertiary/aromatic N) is 1. The third-order valence-corrected chi connectivity index (χ3v) is 5.69. The van der Waals surface area contributed by atoms with Gasteiger partial charge in [0.25, 0.3) is 16.4 Å². The van der Waals surface area contributed by atoms with E-state index < -0.39 is 22.3 Å². The molecule has 0 radical (unpaired) electrons. The van der Waals surface area contributed by atoms with E-state index in [1.165, 1.54) is 6.07 Å². The fourth-order valence-electron chi connectivity index (χ4n) is 2.75. The highest BCUT2D eigenvalue weighted by Crippen LogP contribution is 2.29. The third kappa shape index (κ3) is 4.08. The Kier molecular flexibility index (Phi) is 4.95. The van der Waals surface area contributed by atoms with Crippen LogP contribution >= 0.6 is 11.6 Å². The van der Waals surface area contributed by atoms with Crippen LogP contribution in [0, 0.1) is 5.82 Å². The highest BCUT2D eigenvalue weighted by Gasteiger charge is 2.23. The number of hydrogen-bond donors (Lipinski definition) is 1. The molecule has 9 heteroatoms. The molecule has 0 fully saturated rings. The van der Waals surface area contributed by atoms with Crippen molar-refractivity contribution in [3.05, 3.63) is 58.4 Å². The molecule has 25 heavy (non-hydrogen) atoms. The van der Waals surface area contributed by atoms with E-state index in [1.807, 2.05) is 0 Å². The van der Waals surface area contributed by atoms with Crippen molar-refractivity contribution in [3.8, 4) is 0 Å². The van der Waals surface area contributed by atoms with Gasteiger partial charge in [-0.2, -0.15) is 0 Å². The van der Waals surface area contributed by atoms with Crippen LogP contribution in [0.15, 0.2) is 41.3 Å². The second-order valence-electron chi connectivity index (χ2n) is 5.72. The lowest BCUT2D eigenvalue weighted by Gasteiger charge is -2.13. The first-order valence-corrected chi connectivity index (χ1v) is 9.21. The van der Waals surface area contributed by atoms with Crippen LogP contribution in [0.2, 0.25) is 5.02 Å². The van der Waals surface area contributed by atoms with E-state index >= 15 is 0 Å². The summed E-state index contributed by atoms with van der Waals surface area (Å²) in [5, 5.41) is -0.0989. The molecule has 0 aliphatic carbocycles. The number of fused-ring (bicyclic) bond motifs is 1. The number of rotatable bonds is 5. The van der Waals surface area contributed by atoms with Crippen molar-refractivity contribution in [1.82, 2.24) is 4.90 Å². The fraction of sp³-hybridized carbons (Fsp3) is 0.250. The maximum Gasteiger partial charge on any atom is 0.263 e. The molecule has 0 saturated heterocycles. The molecule has 0 amide bonds. The SMILES string of the molecule is O=S(=O)(Nc1ccc2c(c1)CN(CC(F)F)C2)c1cc(F)ccc1Cl. The summed E-state index contributed by atoms with van der Waals surface area (Å²) < 4.78 is 65.5. The summed E-state index contributed by atoms with van der Waals surface area (Å²) in [5.41, 5.74) is 1.90. The van der Waals surface area contributed by atoms with Gasteiger partial charge in [-0.15, -0.1) is 0 Å². The van der Waals surface area contributed by atoms with E-state index in [0.717, 1.165) is 29.3 Å². The predicted octanol–water partition coefficient (Wildman–Crippen LogP) is 3.86. The molecule has 1 aliphatic heterocycles. The van der Waals surface area contributed by atoms with Gasteiger partial charge < -0.3 is 0 Å². The number of hydrogen-bond acceptors (Lipinski definition) is 3. The smallest absolute Gasteiger partial charge is 0.263 e. The Hall–Kier alpha value is -1.77. The van der Waals surface area contributed by atoms with Crippen molar-refractivity contribution >= 4 is 27.3 Å². The van der Waals surface area contributed by atoms with Crippen LogP contribution in [0.5, 0.6) is 0 Å². The van der Waals surface area contributed by atoms with Gasteiger partial charge in [0, 0.05) is 18.8 Å². The van der Waals surface area contributed by atoms with Gasteiger partial charge >= 0.3 is 0 Å². The predicted molar refractivity (Wildman–Crippen MR) is 88.8 cm³/mol. The van der Waals surface area contributed by atoms with E-state index in [1.54, 1.807) is 17.0 Å². The van der Waals surface area contributed by atoms with E-state index in [-0.39, 0.29) is 22.2 Å². The quantitative estimate of drug-likeness (QED) is 0.843. The van der Waals surface area contributed by atoms with Crippen molar-refractivity contribution in [1.29, 1.82) is 0 Å². The van der Waals surface area contributed by atoms with Gasteiger partial charge in [-0.1, -0.05) is 17.7 Å². The maximum absolute atomic E-state index is 13.3. The lowest BCUT2D eigenvalue weighted by Crippen LogP contribution is -2.22. The first kappa shape index (κ1) is 18.0. The van der Waals surface area contributed by atoms with Crippen molar-refractivity contribution < 1.29 is 21.6 Å². The number of halogens is 4. The summed E-state index contributed by atoms with van der Waals surface area (Å²) in [6, 6.07) is 7.87. The summed E-state index contributed by atoms with van der Waals surface area (Å²) in [6.07, 6.45) is -2.43. The summed E-state index contributed by atoms with van der Waals surface area (Å²) in [7, 11) is -4.07. The first-order valence-electron chi connectivity index (χ1n) is 7.35. The van der Waals surface area contributed by atoms with Gasteiger partial charge in [-0.3, -0.25) is 9.62 Å². The van der Waals surface area contributed by atoms with Gasteiger partial charge in [0.2, 0.25) is 0 Å². The molecule has 2 aromatic carbocycles. The van der Waals surface area contributed by atoms with Crippen LogP contribution in [0.4, 0.5) is 18.9 Å². The molecule has 1 N–H and O–H groups in total. The highest BCUT2D eigenvalue weighted by atomic mass is 35.5. The molecule has 3 rings (SSSR count). The first-order chi connectivity index (χ1) is 11.7. The Labute approximate surface area is 148 Å². The topological polar surface area (TPSA) is 49.4 Å². The Morgan fingerprint density at radius 1 is 1.12 bits per heavy atom. The number of nitrogens with one attached hydrogen (secondary N) is 1. The van der Waals surface area contributed by atoms with Crippen molar-refractivity contribution in [2.45, 2.75) is 24.4 Å². The molecule has 0 bridgehead atoms. The number of benzene rings is 2. The second-order valence-corrected chi connectivity index (χ2v) is 7.78. The Morgan fingerprint density at radius 2 is 1.84 bits per heavy atom. The molecule has 0 unspecified atom stereocenters. The summed E-state index contributed by atoms with van der Waals surface area (Å²) >= 11 is 5.84. The normalized spacial score (nSPS) is 14.8. The van der Waals surface area contributed by atoms with E-state index in [0.29, 0.717) is 13.1 Å². The largest absolute Gasteiger partial charge is 0.289 e. The molecular weight excluding hydrogens is 377 g/mol. The molecular formula is C16H14ClF3N2O2S. The summed E-state index contributed by atoms with van der Waals surface area (Å²) in [6.45, 7) is 0.368. The zero-order chi connectivity index (χ0) is 18.2. The van der Waals surface area contributed by atoms with Crippen LogP contribution in [0.25, 0.3) is 0 Å². The van der Waals surface area contributed by atoms with Gasteiger partial charge in [-0.05, 0) is 41.5 Å². The number of sulfonamides is 1. The fourth-order valence-corrected chi connectivity index (χ4v) is 4.31. The molecule has 4 nitrogen and oxygen atoms in total. The highest BCUT2D eigenvalue weighted by molar-refractivity contribution is 7.92. The summed E-state index contributed by atoms with van der Waals surface area (Å²) in [5.74, 6) is -0.721. The average Bonchev–Trinajstić information content (AvgIpc) is 2.89. The number of anilines is 1. The van der Waals surface area contributed by atoms with Crippen LogP contribution < -0.4 is 4.72 Å². The average molecular weight is 391 g/mol. The van der Waals surface area contributed by atoms with Crippen LogP contribution in [0.3, 0.4) is 0 Å². The second kappa shape index (κ2) is 6.86. The molecule has 2 aromatic rings. The van der Waals surface area contributed by atoms with Crippen molar-refractivity contribution in [3.63, 3.8) is 0 Å². The minimum absolute atomic E-state index is 0.0989. The third-order valence-electron chi connectivity index (χ3n) is 3.83. The van der Waals surface area contributed by atoms with E-state index in [4.69, 9.17) is 11.6 Å². The van der Waals surface area contributed by atoms with Crippen molar-refractivity contribution in [2.75, 3.05) is 11.3 Å². The van der Waals surface area contributed by atoms with Crippen molar-refractivity contribution in [2.24, 2.45) is 0 Å². The maximum atomic E-state index is 13.3. The minimum Gasteiger partial charge on any atom is -0.289 e. The van der Waals surface area contributed by atoms with Crippen LogP contribution in [-0.4, -0.2) is 26.3 Å². The lowest BCUT2D eigenvalue weighted by atomic mass is 10.1. The zero-order valence-corrected chi connectivity index (χ0v) is 14.4. The summed E-state index contributed by atoms with van der Waals surface area (Å²) in [4.78, 5) is 1.21. The van der Waals surface area contributed by atoms with Gasteiger partial charge in [0.15, 0.2) is 0 Å². The molecule has 1 aliphatic rings. The molecule has 0 saturated carbocycles. The monoisotopic (exact) mass is 390 g/mol. The molecule has 1 heterocycles.